The number of ether oxygens (including phenoxy) is 2. The Morgan fingerprint density at radius 3 is 1.71 bits per heavy atom. The summed E-state index contributed by atoms with van der Waals surface area (Å²) in [4.78, 5) is 0. The number of aliphatic hydroxyl groups is 2. The van der Waals surface area contributed by atoms with E-state index in [-0.39, 0.29) is 6.61 Å². The Kier molecular flexibility index (Phi) is 8.30. The summed E-state index contributed by atoms with van der Waals surface area (Å²) >= 11 is 0. The Hall–Kier alpha value is -2.56. The average molecular weight is 383 g/mol. The van der Waals surface area contributed by atoms with E-state index in [1.54, 1.807) is 21.1 Å². The van der Waals surface area contributed by atoms with Crippen LogP contribution in [-0.2, 0) is 0 Å². The summed E-state index contributed by atoms with van der Waals surface area (Å²) in [5.74, 6) is 1.60. The predicted octanol–water partition coefficient (Wildman–Crippen LogP) is 4.57. The molecular formula is C24H30O4. The number of hydrogen-bond acceptors (Lipinski definition) is 4. The average Bonchev–Trinajstić information content (AvgIpc) is 2.72. The molecule has 0 aromatic heterocycles. The molecule has 4 heteroatoms. The molecule has 150 valence electrons. The smallest absolute Gasteiger partial charge is 0.119 e. The lowest BCUT2D eigenvalue weighted by atomic mass is 9.77. The predicted molar refractivity (Wildman–Crippen MR) is 114 cm³/mol. The lowest BCUT2D eigenvalue weighted by Gasteiger charge is -2.33. The molecule has 0 saturated carbocycles. The highest BCUT2D eigenvalue weighted by Gasteiger charge is 2.32. The second-order valence-electron chi connectivity index (χ2n) is 6.96. The Morgan fingerprint density at radius 1 is 0.893 bits per heavy atom. The molecule has 28 heavy (non-hydrogen) atoms. The minimum atomic E-state index is -0.651. The van der Waals surface area contributed by atoms with E-state index in [4.69, 9.17) is 9.47 Å². The van der Waals surface area contributed by atoms with Gasteiger partial charge in [0, 0.05) is 5.41 Å². The number of allylic oxidation sites excluding steroid dienone is 2. The Balaban J connectivity index is 2.09. The molecule has 2 aromatic rings. The third-order valence-electron chi connectivity index (χ3n) is 5.06. The van der Waals surface area contributed by atoms with Crippen molar-refractivity contribution in [3.05, 3.63) is 71.8 Å². The number of rotatable bonds is 10. The van der Waals surface area contributed by atoms with Gasteiger partial charge in [-0.2, -0.15) is 0 Å². The molecule has 0 saturated heterocycles. The van der Waals surface area contributed by atoms with Gasteiger partial charge in [-0.3, -0.25) is 0 Å². The molecule has 0 aliphatic heterocycles. The van der Waals surface area contributed by atoms with Crippen LogP contribution < -0.4 is 9.47 Å². The maximum Gasteiger partial charge on any atom is 0.119 e. The fourth-order valence-electron chi connectivity index (χ4n) is 3.04. The molecule has 0 aliphatic carbocycles. The second kappa shape index (κ2) is 10.7. The minimum absolute atomic E-state index is 0.102. The van der Waals surface area contributed by atoms with Gasteiger partial charge in [-0.15, -0.1) is 0 Å². The maximum atomic E-state index is 10.4. The van der Waals surface area contributed by atoms with Crippen molar-refractivity contribution < 1.29 is 19.7 Å². The van der Waals surface area contributed by atoms with E-state index in [1.807, 2.05) is 72.8 Å². The van der Waals surface area contributed by atoms with Crippen LogP contribution in [-0.4, -0.2) is 37.1 Å². The zero-order chi connectivity index (χ0) is 20.4. The molecule has 0 spiro atoms. The summed E-state index contributed by atoms with van der Waals surface area (Å²) in [7, 11) is 3.28. The van der Waals surface area contributed by atoms with Crippen molar-refractivity contribution in [2.75, 3.05) is 20.8 Å². The van der Waals surface area contributed by atoms with Gasteiger partial charge in [-0.25, -0.2) is 0 Å². The van der Waals surface area contributed by atoms with E-state index < -0.39 is 11.5 Å². The summed E-state index contributed by atoms with van der Waals surface area (Å²) in [6.45, 7) is 1.63. The highest BCUT2D eigenvalue weighted by Crippen LogP contribution is 2.32. The van der Waals surface area contributed by atoms with E-state index in [1.165, 1.54) is 0 Å². The normalized spacial score (nSPS) is 13.2. The molecule has 1 atom stereocenters. The van der Waals surface area contributed by atoms with Crippen LogP contribution in [0.1, 0.15) is 30.9 Å². The lowest BCUT2D eigenvalue weighted by Crippen LogP contribution is -2.36. The number of methoxy groups -OCH3 is 2. The summed E-state index contributed by atoms with van der Waals surface area (Å²) in [5.41, 5.74) is 1.40. The highest BCUT2D eigenvalue weighted by molar-refractivity contribution is 5.53. The second-order valence-corrected chi connectivity index (χ2v) is 6.96. The molecule has 0 amide bonds. The van der Waals surface area contributed by atoms with Gasteiger partial charge in [0.05, 0.1) is 26.9 Å². The first-order valence-corrected chi connectivity index (χ1v) is 9.43. The quantitative estimate of drug-likeness (QED) is 0.632. The van der Waals surface area contributed by atoms with E-state index in [0.717, 1.165) is 22.6 Å². The molecular weight excluding hydrogens is 352 g/mol. The van der Waals surface area contributed by atoms with Crippen LogP contribution in [0.2, 0.25) is 0 Å². The fraction of sp³-hybridized carbons (Fsp3) is 0.333. The van der Waals surface area contributed by atoms with Crippen molar-refractivity contribution >= 4 is 12.2 Å². The molecule has 0 fully saturated rings. The Bertz CT molecular complexity index is 733. The zero-order valence-electron chi connectivity index (χ0n) is 16.8. The number of hydrogen-bond donors (Lipinski definition) is 2. The highest BCUT2D eigenvalue weighted by atomic mass is 16.5. The first-order chi connectivity index (χ1) is 13.5. The standard InChI is InChI=1S/C24H30O4/c1-19(26)24(18-25,14-6-10-20-8-4-12-22(16-20)27-2)15-7-11-21-9-5-13-23(17-21)28-3/h4-13,16-17,19,25-26H,14-15,18H2,1-3H3/b10-6+,11-7+. The van der Waals surface area contributed by atoms with Crippen molar-refractivity contribution in [3.63, 3.8) is 0 Å². The van der Waals surface area contributed by atoms with Gasteiger partial charge in [-0.05, 0) is 55.2 Å². The van der Waals surface area contributed by atoms with Crippen LogP contribution in [0, 0.1) is 5.41 Å². The Morgan fingerprint density at radius 2 is 1.36 bits per heavy atom. The van der Waals surface area contributed by atoms with E-state index in [0.29, 0.717) is 12.8 Å². The topological polar surface area (TPSA) is 58.9 Å². The van der Waals surface area contributed by atoms with E-state index in [2.05, 4.69) is 0 Å². The van der Waals surface area contributed by atoms with Crippen molar-refractivity contribution in [1.82, 2.24) is 0 Å². The zero-order valence-corrected chi connectivity index (χ0v) is 16.8. The van der Waals surface area contributed by atoms with Crippen molar-refractivity contribution in [2.45, 2.75) is 25.9 Å². The molecule has 0 radical (unpaired) electrons. The molecule has 2 aromatic carbocycles. The van der Waals surface area contributed by atoms with Crippen molar-refractivity contribution in [3.8, 4) is 11.5 Å². The fourth-order valence-corrected chi connectivity index (χ4v) is 3.04. The molecule has 0 bridgehead atoms. The Labute approximate surface area is 167 Å². The molecule has 1 unspecified atom stereocenters. The van der Waals surface area contributed by atoms with Gasteiger partial charge in [0.25, 0.3) is 0 Å². The first kappa shape index (κ1) is 21.7. The molecule has 2 rings (SSSR count). The lowest BCUT2D eigenvalue weighted by molar-refractivity contribution is -0.00268. The molecule has 2 N–H and O–H groups in total. The summed E-state index contributed by atoms with van der Waals surface area (Å²) in [5, 5.41) is 20.4. The van der Waals surface area contributed by atoms with Crippen LogP contribution in [0.3, 0.4) is 0 Å². The summed E-state index contributed by atoms with van der Waals surface area (Å²) in [6, 6.07) is 15.5. The van der Waals surface area contributed by atoms with Crippen LogP contribution in [0.25, 0.3) is 12.2 Å². The van der Waals surface area contributed by atoms with Gasteiger partial charge in [-0.1, -0.05) is 48.6 Å². The van der Waals surface area contributed by atoms with Crippen LogP contribution in [0.4, 0.5) is 0 Å². The van der Waals surface area contributed by atoms with E-state index in [9.17, 15) is 10.2 Å². The SMILES string of the molecule is COc1cccc(/C=C/CC(CO)(C/C=C/c2cccc(OC)c2)C(C)O)c1. The summed E-state index contributed by atoms with van der Waals surface area (Å²) < 4.78 is 10.5. The van der Waals surface area contributed by atoms with Gasteiger partial charge in [0.1, 0.15) is 11.5 Å². The third kappa shape index (κ3) is 5.98. The van der Waals surface area contributed by atoms with Crippen LogP contribution in [0.15, 0.2) is 60.7 Å². The van der Waals surface area contributed by atoms with Crippen LogP contribution >= 0.6 is 0 Å². The van der Waals surface area contributed by atoms with Crippen LogP contribution in [0.5, 0.6) is 11.5 Å². The van der Waals surface area contributed by atoms with Crippen molar-refractivity contribution in [1.29, 1.82) is 0 Å². The largest absolute Gasteiger partial charge is 0.497 e. The molecule has 4 nitrogen and oxygen atoms in total. The summed E-state index contributed by atoms with van der Waals surface area (Å²) in [6.07, 6.45) is 8.43. The van der Waals surface area contributed by atoms with Gasteiger partial charge >= 0.3 is 0 Å². The maximum absolute atomic E-state index is 10.4. The van der Waals surface area contributed by atoms with Gasteiger partial charge in [0.15, 0.2) is 0 Å². The van der Waals surface area contributed by atoms with Crippen molar-refractivity contribution in [2.24, 2.45) is 5.41 Å². The minimum Gasteiger partial charge on any atom is -0.497 e. The number of aliphatic hydroxyl groups excluding tert-OH is 2. The van der Waals surface area contributed by atoms with E-state index >= 15 is 0 Å². The monoisotopic (exact) mass is 382 g/mol. The number of benzene rings is 2. The van der Waals surface area contributed by atoms with Gasteiger partial charge in [0.2, 0.25) is 0 Å². The first-order valence-electron chi connectivity index (χ1n) is 9.43. The molecule has 0 heterocycles. The third-order valence-corrected chi connectivity index (χ3v) is 5.06. The molecule has 0 aliphatic rings. The van der Waals surface area contributed by atoms with Gasteiger partial charge < -0.3 is 19.7 Å².